The Kier molecular flexibility index (Phi) is 5.63. The first-order valence-corrected chi connectivity index (χ1v) is 8.93. The van der Waals surface area contributed by atoms with Crippen molar-refractivity contribution in [2.24, 2.45) is 7.05 Å². The maximum Gasteiger partial charge on any atom is 0.269 e. The van der Waals surface area contributed by atoms with Crippen LogP contribution in [0.3, 0.4) is 0 Å². The average molecular weight is 371 g/mol. The summed E-state index contributed by atoms with van der Waals surface area (Å²) in [6.07, 6.45) is 0. The van der Waals surface area contributed by atoms with E-state index >= 15 is 0 Å². The number of rotatable bonds is 5. The molecule has 8 nitrogen and oxygen atoms in total. The minimum Gasteiger partial charge on any atom is -0.497 e. The zero-order valence-corrected chi connectivity index (χ0v) is 15.9. The molecule has 1 saturated heterocycles. The van der Waals surface area contributed by atoms with Crippen LogP contribution in [0.1, 0.15) is 16.2 Å². The fourth-order valence-electron chi connectivity index (χ4n) is 3.19. The maximum absolute atomic E-state index is 12.4. The van der Waals surface area contributed by atoms with Crippen molar-refractivity contribution in [1.82, 2.24) is 20.0 Å². The number of carbonyl (C=O) groups is 2. The fourth-order valence-corrected chi connectivity index (χ4v) is 3.19. The van der Waals surface area contributed by atoms with E-state index in [9.17, 15) is 9.59 Å². The first-order valence-electron chi connectivity index (χ1n) is 8.93. The molecule has 0 spiro atoms. The summed E-state index contributed by atoms with van der Waals surface area (Å²) in [6.45, 7) is 4.59. The van der Waals surface area contributed by atoms with Gasteiger partial charge >= 0.3 is 0 Å². The largest absolute Gasteiger partial charge is 0.497 e. The molecular weight excluding hydrogens is 346 g/mol. The molecular formula is C19H25N5O3. The molecule has 2 amide bonds. The van der Waals surface area contributed by atoms with E-state index in [0.717, 1.165) is 30.2 Å². The normalized spacial score (nSPS) is 14.2. The first-order chi connectivity index (χ1) is 13.0. The lowest BCUT2D eigenvalue weighted by Gasteiger charge is -2.36. The number of aromatic nitrogens is 2. The van der Waals surface area contributed by atoms with E-state index < -0.39 is 0 Å². The summed E-state index contributed by atoms with van der Waals surface area (Å²) in [6, 6.07) is 9.61. The minimum absolute atomic E-state index is 0.00834. The van der Waals surface area contributed by atoms with Crippen LogP contribution in [-0.4, -0.2) is 66.3 Å². The molecule has 1 fully saturated rings. The number of anilines is 1. The molecule has 0 radical (unpaired) electrons. The highest BCUT2D eigenvalue weighted by Gasteiger charge is 2.22. The summed E-state index contributed by atoms with van der Waals surface area (Å²) < 4.78 is 6.70. The van der Waals surface area contributed by atoms with Gasteiger partial charge in [0.25, 0.3) is 5.91 Å². The van der Waals surface area contributed by atoms with Gasteiger partial charge in [-0.15, -0.1) is 0 Å². The third-order valence-electron chi connectivity index (χ3n) is 4.70. The number of nitrogens with zero attached hydrogens (tertiary/aromatic N) is 4. The molecule has 8 heteroatoms. The summed E-state index contributed by atoms with van der Waals surface area (Å²) in [5, 5.41) is 6.83. The van der Waals surface area contributed by atoms with Crippen molar-refractivity contribution in [3.05, 3.63) is 41.7 Å². The van der Waals surface area contributed by atoms with Crippen LogP contribution in [0, 0.1) is 6.92 Å². The minimum atomic E-state index is -0.289. The molecule has 1 N–H and O–H groups in total. The molecule has 1 aliphatic rings. The van der Waals surface area contributed by atoms with Crippen molar-refractivity contribution in [2.75, 3.05) is 44.7 Å². The van der Waals surface area contributed by atoms with Gasteiger partial charge in [-0.2, -0.15) is 5.10 Å². The number of benzene rings is 1. The number of amides is 2. The molecule has 1 aliphatic heterocycles. The van der Waals surface area contributed by atoms with Crippen LogP contribution < -0.4 is 15.0 Å². The number of methoxy groups -OCH3 is 1. The van der Waals surface area contributed by atoms with Gasteiger partial charge in [-0.25, -0.2) is 0 Å². The van der Waals surface area contributed by atoms with Gasteiger partial charge in [0, 0.05) is 38.9 Å². The molecule has 3 rings (SSSR count). The SMILES string of the molecule is COc1ccc(N2CCN(C(=O)CNC(=O)c3cc(C)nn3C)CC2)cc1. The fraction of sp³-hybridized carbons (Fsp3) is 0.421. The molecule has 27 heavy (non-hydrogen) atoms. The highest BCUT2D eigenvalue weighted by Crippen LogP contribution is 2.20. The van der Waals surface area contributed by atoms with Crippen LogP contribution in [0.15, 0.2) is 30.3 Å². The predicted octanol–water partition coefficient (Wildman–Crippen LogP) is 0.816. The number of aryl methyl sites for hydroxylation is 2. The summed E-state index contributed by atoms with van der Waals surface area (Å²) in [5.74, 6) is 0.465. The number of ether oxygens (including phenoxy) is 1. The Morgan fingerprint density at radius 1 is 1.15 bits per heavy atom. The van der Waals surface area contributed by atoms with Crippen molar-refractivity contribution in [3.63, 3.8) is 0 Å². The van der Waals surface area contributed by atoms with Crippen LogP contribution in [-0.2, 0) is 11.8 Å². The Morgan fingerprint density at radius 3 is 2.37 bits per heavy atom. The number of hydrogen-bond donors (Lipinski definition) is 1. The van der Waals surface area contributed by atoms with Crippen molar-refractivity contribution >= 4 is 17.5 Å². The van der Waals surface area contributed by atoms with E-state index in [-0.39, 0.29) is 18.4 Å². The van der Waals surface area contributed by atoms with Gasteiger partial charge in [0.05, 0.1) is 19.3 Å². The number of nitrogens with one attached hydrogen (secondary N) is 1. The Balaban J connectivity index is 1.48. The smallest absolute Gasteiger partial charge is 0.269 e. The highest BCUT2D eigenvalue weighted by atomic mass is 16.5. The zero-order chi connectivity index (χ0) is 19.4. The molecule has 1 aromatic carbocycles. The molecule has 0 aliphatic carbocycles. The molecule has 1 aromatic heterocycles. The van der Waals surface area contributed by atoms with E-state index in [0.29, 0.717) is 18.8 Å². The lowest BCUT2D eigenvalue weighted by atomic mass is 10.2. The van der Waals surface area contributed by atoms with Gasteiger partial charge < -0.3 is 19.9 Å². The molecule has 0 atom stereocenters. The van der Waals surface area contributed by atoms with Gasteiger partial charge in [0.15, 0.2) is 0 Å². The van der Waals surface area contributed by atoms with Gasteiger partial charge in [-0.3, -0.25) is 14.3 Å². The van der Waals surface area contributed by atoms with E-state index in [4.69, 9.17) is 4.74 Å². The van der Waals surface area contributed by atoms with Crippen molar-refractivity contribution in [2.45, 2.75) is 6.92 Å². The van der Waals surface area contributed by atoms with Gasteiger partial charge in [-0.05, 0) is 37.3 Å². The second-order valence-corrected chi connectivity index (χ2v) is 6.54. The zero-order valence-electron chi connectivity index (χ0n) is 15.9. The third kappa shape index (κ3) is 4.39. The second kappa shape index (κ2) is 8.11. The Labute approximate surface area is 158 Å². The standard InChI is InChI=1S/C19H25N5O3/c1-14-12-17(22(2)21-14)19(26)20-13-18(25)24-10-8-23(9-11-24)15-4-6-16(27-3)7-5-15/h4-7,12H,8-11,13H2,1-3H3,(H,20,26). The van der Waals surface area contributed by atoms with E-state index in [1.54, 1.807) is 25.1 Å². The predicted molar refractivity (Wildman–Crippen MR) is 102 cm³/mol. The van der Waals surface area contributed by atoms with Crippen LogP contribution in [0.5, 0.6) is 5.75 Å². The summed E-state index contributed by atoms with van der Waals surface area (Å²) in [7, 11) is 3.36. The lowest BCUT2D eigenvalue weighted by molar-refractivity contribution is -0.130. The van der Waals surface area contributed by atoms with Crippen molar-refractivity contribution in [1.29, 1.82) is 0 Å². The van der Waals surface area contributed by atoms with E-state index in [1.165, 1.54) is 4.68 Å². The third-order valence-corrected chi connectivity index (χ3v) is 4.70. The van der Waals surface area contributed by atoms with Gasteiger partial charge in [0.2, 0.25) is 5.91 Å². The van der Waals surface area contributed by atoms with Crippen LogP contribution >= 0.6 is 0 Å². The average Bonchev–Trinajstić information content (AvgIpc) is 3.04. The molecule has 0 saturated carbocycles. The Bertz CT molecular complexity index is 807. The van der Waals surface area contributed by atoms with Crippen LogP contribution in [0.25, 0.3) is 0 Å². The molecule has 0 bridgehead atoms. The number of carbonyl (C=O) groups excluding carboxylic acids is 2. The second-order valence-electron chi connectivity index (χ2n) is 6.54. The van der Waals surface area contributed by atoms with Gasteiger partial charge in [-0.1, -0.05) is 0 Å². The van der Waals surface area contributed by atoms with E-state index in [2.05, 4.69) is 15.3 Å². The molecule has 144 valence electrons. The quantitative estimate of drug-likeness (QED) is 0.842. The summed E-state index contributed by atoms with van der Waals surface area (Å²) >= 11 is 0. The Morgan fingerprint density at radius 2 is 1.81 bits per heavy atom. The highest BCUT2D eigenvalue weighted by molar-refractivity contribution is 5.95. The first kappa shape index (κ1) is 18.8. The number of piperazine rings is 1. The topological polar surface area (TPSA) is 79.7 Å². The van der Waals surface area contributed by atoms with Crippen LogP contribution in [0.4, 0.5) is 5.69 Å². The van der Waals surface area contributed by atoms with Crippen LogP contribution in [0.2, 0.25) is 0 Å². The van der Waals surface area contributed by atoms with Crippen molar-refractivity contribution < 1.29 is 14.3 Å². The summed E-state index contributed by atoms with van der Waals surface area (Å²) in [4.78, 5) is 28.6. The summed E-state index contributed by atoms with van der Waals surface area (Å²) in [5.41, 5.74) is 2.33. The number of hydrogen-bond acceptors (Lipinski definition) is 5. The molecule has 0 unspecified atom stereocenters. The van der Waals surface area contributed by atoms with Crippen molar-refractivity contribution in [3.8, 4) is 5.75 Å². The maximum atomic E-state index is 12.4. The lowest BCUT2D eigenvalue weighted by Crippen LogP contribution is -2.51. The van der Waals surface area contributed by atoms with Gasteiger partial charge in [0.1, 0.15) is 11.4 Å². The molecule has 2 aromatic rings. The monoisotopic (exact) mass is 371 g/mol. The molecule has 2 heterocycles. The van der Waals surface area contributed by atoms with E-state index in [1.807, 2.05) is 31.2 Å². The Hall–Kier alpha value is -3.03.